The lowest BCUT2D eigenvalue weighted by molar-refractivity contribution is 0.602. The number of halogens is 1. The van der Waals surface area contributed by atoms with Crippen LogP contribution in [0.4, 0.5) is 10.1 Å². The second kappa shape index (κ2) is 6.46. The first kappa shape index (κ1) is 16.6. The maximum Gasteiger partial charge on any atom is 0.263 e. The number of nitrogens with one attached hydrogen (secondary N) is 2. The highest BCUT2D eigenvalue weighted by molar-refractivity contribution is 7.93. The van der Waals surface area contributed by atoms with Crippen molar-refractivity contribution in [3.8, 4) is 0 Å². The molecule has 0 bridgehead atoms. The van der Waals surface area contributed by atoms with Gasteiger partial charge in [0.1, 0.15) is 10.7 Å². The average Bonchev–Trinajstić information content (AvgIpc) is 3.25. The minimum Gasteiger partial charge on any atom is -0.280 e. The number of hydrogen-bond acceptors (Lipinski definition) is 6. The van der Waals surface area contributed by atoms with E-state index in [2.05, 4.69) is 25.3 Å². The van der Waals surface area contributed by atoms with Gasteiger partial charge in [0.25, 0.3) is 10.0 Å². The molecular weight excluding hydrogens is 377 g/mol. The van der Waals surface area contributed by atoms with Crippen LogP contribution in [-0.4, -0.2) is 29.0 Å². The normalized spacial score (nSPS) is 11.7. The molecule has 10 heteroatoms. The van der Waals surface area contributed by atoms with Crippen LogP contribution in [0, 0.1) is 5.82 Å². The predicted molar refractivity (Wildman–Crippen MR) is 96.0 cm³/mol. The van der Waals surface area contributed by atoms with Gasteiger partial charge in [-0.3, -0.25) is 4.72 Å². The summed E-state index contributed by atoms with van der Waals surface area (Å²) in [4.78, 5) is 0.0628. The van der Waals surface area contributed by atoms with Gasteiger partial charge in [0.2, 0.25) is 0 Å². The summed E-state index contributed by atoms with van der Waals surface area (Å²) in [6.45, 7) is 0. The Balaban J connectivity index is 1.58. The fourth-order valence-electron chi connectivity index (χ4n) is 2.53. The molecule has 0 saturated heterocycles. The first-order valence-electron chi connectivity index (χ1n) is 7.52. The summed E-state index contributed by atoms with van der Waals surface area (Å²) < 4.78 is 42.1. The molecule has 2 aromatic heterocycles. The lowest BCUT2D eigenvalue weighted by Crippen LogP contribution is -2.12. The molecule has 4 rings (SSSR count). The van der Waals surface area contributed by atoms with Crippen molar-refractivity contribution in [3.05, 3.63) is 65.0 Å². The van der Waals surface area contributed by atoms with Crippen LogP contribution in [0.3, 0.4) is 0 Å². The Labute approximate surface area is 151 Å². The molecule has 2 N–H and O–H groups in total. The monoisotopic (exact) mass is 389 g/mol. The van der Waals surface area contributed by atoms with E-state index in [9.17, 15) is 12.8 Å². The molecule has 0 aliphatic heterocycles. The number of aromatic nitrogens is 4. The van der Waals surface area contributed by atoms with Crippen LogP contribution in [0.5, 0.6) is 0 Å². The first-order valence-corrected chi connectivity index (χ1v) is 9.88. The van der Waals surface area contributed by atoms with E-state index in [1.54, 1.807) is 30.3 Å². The van der Waals surface area contributed by atoms with Gasteiger partial charge in [0, 0.05) is 27.6 Å². The zero-order chi connectivity index (χ0) is 18.1. The van der Waals surface area contributed by atoms with Crippen LogP contribution in [-0.2, 0) is 16.4 Å². The molecule has 0 fully saturated rings. The van der Waals surface area contributed by atoms with E-state index in [1.807, 2.05) is 0 Å². The Kier molecular flexibility index (Phi) is 4.13. The van der Waals surface area contributed by atoms with Gasteiger partial charge < -0.3 is 0 Å². The van der Waals surface area contributed by atoms with Gasteiger partial charge >= 0.3 is 0 Å². The van der Waals surface area contributed by atoms with E-state index in [1.165, 1.54) is 28.8 Å². The summed E-state index contributed by atoms with van der Waals surface area (Å²) >= 11 is 1.26. The van der Waals surface area contributed by atoms with Crippen LogP contribution >= 0.6 is 11.3 Å². The number of anilines is 1. The van der Waals surface area contributed by atoms with E-state index < -0.39 is 15.8 Å². The van der Waals surface area contributed by atoms with Crippen molar-refractivity contribution in [2.75, 3.05) is 4.72 Å². The Morgan fingerprint density at radius 2 is 1.96 bits per heavy atom. The van der Waals surface area contributed by atoms with Crippen molar-refractivity contribution in [2.45, 2.75) is 11.3 Å². The summed E-state index contributed by atoms with van der Waals surface area (Å²) in [5.41, 5.74) is 1.33. The number of aromatic amines is 1. The zero-order valence-corrected chi connectivity index (χ0v) is 14.8. The van der Waals surface area contributed by atoms with E-state index in [-0.39, 0.29) is 4.90 Å². The predicted octanol–water partition coefficient (Wildman–Crippen LogP) is 2.95. The molecule has 132 valence electrons. The standard InChI is InChI=1S/C16H12FN5O2S2/c17-11-3-6-14-13(8-11)15(9-25-14)26(23,24)20-12-4-1-10(2-5-12)7-16-18-21-22-19-16/h1-6,8-9,20H,7H2,(H,18,19,21,22). The first-order chi connectivity index (χ1) is 12.5. The molecule has 0 unspecified atom stereocenters. The highest BCUT2D eigenvalue weighted by Crippen LogP contribution is 2.31. The van der Waals surface area contributed by atoms with Crippen molar-refractivity contribution < 1.29 is 12.8 Å². The van der Waals surface area contributed by atoms with Crippen LogP contribution in [0.1, 0.15) is 11.4 Å². The second-order valence-corrected chi connectivity index (χ2v) is 8.11. The maximum atomic E-state index is 13.5. The fraction of sp³-hybridized carbons (Fsp3) is 0.0625. The summed E-state index contributed by atoms with van der Waals surface area (Å²) in [7, 11) is -3.82. The molecule has 7 nitrogen and oxygen atoms in total. The third-order valence-electron chi connectivity index (χ3n) is 3.75. The van der Waals surface area contributed by atoms with Crippen molar-refractivity contribution in [1.82, 2.24) is 20.6 Å². The third kappa shape index (κ3) is 3.28. The topological polar surface area (TPSA) is 101 Å². The minimum atomic E-state index is -3.82. The summed E-state index contributed by atoms with van der Waals surface area (Å²) in [5.74, 6) is 0.0725. The largest absolute Gasteiger partial charge is 0.280 e. The SMILES string of the molecule is O=S(=O)(Nc1ccc(Cc2nn[nH]n2)cc1)c1csc2ccc(F)cc12. The van der Waals surface area contributed by atoms with E-state index in [0.717, 1.165) is 5.56 Å². The number of benzene rings is 2. The van der Waals surface area contributed by atoms with Crippen molar-refractivity contribution in [2.24, 2.45) is 0 Å². The molecule has 2 aromatic carbocycles. The molecule has 4 aromatic rings. The summed E-state index contributed by atoms with van der Waals surface area (Å²) in [5, 5.41) is 15.5. The van der Waals surface area contributed by atoms with Gasteiger partial charge in [0.15, 0.2) is 5.82 Å². The smallest absolute Gasteiger partial charge is 0.263 e. The molecule has 0 atom stereocenters. The Morgan fingerprint density at radius 3 is 2.69 bits per heavy atom. The summed E-state index contributed by atoms with van der Waals surface area (Å²) in [6, 6.07) is 11.0. The molecule has 2 heterocycles. The zero-order valence-electron chi connectivity index (χ0n) is 13.2. The number of hydrogen-bond donors (Lipinski definition) is 2. The molecular formula is C16H12FN5O2S2. The van der Waals surface area contributed by atoms with Gasteiger partial charge in [-0.25, -0.2) is 12.8 Å². The highest BCUT2D eigenvalue weighted by Gasteiger charge is 2.19. The molecule has 0 amide bonds. The molecule has 0 spiro atoms. The van der Waals surface area contributed by atoms with E-state index >= 15 is 0 Å². The maximum absolute atomic E-state index is 13.5. The van der Waals surface area contributed by atoms with Crippen molar-refractivity contribution in [3.63, 3.8) is 0 Å². The third-order valence-corrected chi connectivity index (χ3v) is 6.28. The molecule has 0 aliphatic rings. The Bertz CT molecular complexity index is 1160. The quantitative estimate of drug-likeness (QED) is 0.547. The lowest BCUT2D eigenvalue weighted by atomic mass is 10.1. The highest BCUT2D eigenvalue weighted by atomic mass is 32.2. The Hall–Kier alpha value is -2.85. The number of thiophene rings is 1. The average molecular weight is 389 g/mol. The van der Waals surface area contributed by atoms with Crippen LogP contribution in [0.15, 0.2) is 52.7 Å². The number of H-pyrrole nitrogens is 1. The van der Waals surface area contributed by atoms with Crippen molar-refractivity contribution >= 4 is 37.1 Å². The van der Waals surface area contributed by atoms with E-state index in [4.69, 9.17) is 0 Å². The second-order valence-electron chi connectivity index (χ2n) is 5.55. The van der Waals surface area contributed by atoms with Crippen LogP contribution in [0.2, 0.25) is 0 Å². The molecule has 0 aliphatic carbocycles. The number of nitrogens with zero attached hydrogens (tertiary/aromatic N) is 3. The van der Waals surface area contributed by atoms with Crippen molar-refractivity contribution in [1.29, 1.82) is 0 Å². The fourth-order valence-corrected chi connectivity index (χ4v) is 5.06. The number of tetrazole rings is 1. The molecule has 0 saturated carbocycles. The minimum absolute atomic E-state index is 0.0628. The van der Waals surface area contributed by atoms with Gasteiger partial charge in [-0.2, -0.15) is 5.21 Å². The van der Waals surface area contributed by atoms with Gasteiger partial charge in [-0.1, -0.05) is 17.3 Å². The number of rotatable bonds is 5. The van der Waals surface area contributed by atoms with E-state index in [0.29, 0.717) is 28.0 Å². The van der Waals surface area contributed by atoms with Crippen LogP contribution < -0.4 is 4.72 Å². The summed E-state index contributed by atoms with van der Waals surface area (Å²) in [6.07, 6.45) is 0.484. The van der Waals surface area contributed by atoms with Gasteiger partial charge in [-0.15, -0.1) is 21.5 Å². The molecule has 0 radical (unpaired) electrons. The number of fused-ring (bicyclic) bond motifs is 1. The number of sulfonamides is 1. The van der Waals surface area contributed by atoms with Crippen LogP contribution in [0.25, 0.3) is 10.1 Å². The lowest BCUT2D eigenvalue weighted by Gasteiger charge is -2.08. The van der Waals surface area contributed by atoms with Gasteiger partial charge in [-0.05, 0) is 35.9 Å². The van der Waals surface area contributed by atoms with Gasteiger partial charge in [0.05, 0.1) is 0 Å². The molecule has 26 heavy (non-hydrogen) atoms. The Morgan fingerprint density at radius 1 is 1.15 bits per heavy atom.